The number of carbonyl (C=O) groups is 1. The summed E-state index contributed by atoms with van der Waals surface area (Å²) < 4.78 is 35.1. The number of rotatable bonds is 11. The lowest BCUT2D eigenvalue weighted by atomic mass is 10.2. The molecule has 0 amide bonds. The zero-order chi connectivity index (χ0) is 20.9. The zero-order valence-corrected chi connectivity index (χ0v) is 17.5. The molecule has 0 radical (unpaired) electrons. The van der Waals surface area contributed by atoms with Gasteiger partial charge in [0.05, 0.1) is 23.6 Å². The SMILES string of the molecule is CN1CCN(CCS(=O)(=O)OCNc2ccc(C(=O)O)cc2OCC2CC2)CC1. The van der Waals surface area contributed by atoms with Gasteiger partial charge in [0.1, 0.15) is 12.5 Å². The third-order valence-electron chi connectivity index (χ3n) is 5.15. The molecule has 2 fully saturated rings. The summed E-state index contributed by atoms with van der Waals surface area (Å²) in [6.45, 7) is 4.28. The van der Waals surface area contributed by atoms with Gasteiger partial charge in [0.25, 0.3) is 10.1 Å². The number of nitrogens with one attached hydrogen (secondary N) is 1. The molecule has 1 aliphatic carbocycles. The fourth-order valence-electron chi connectivity index (χ4n) is 2.98. The molecule has 1 heterocycles. The standard InChI is InChI=1S/C19H29N3O6S/c1-21-6-8-22(9-7-21)10-11-29(25,26)28-14-20-17-5-4-16(19(23)24)12-18(17)27-13-15-2-3-15/h4-5,12,15,20H,2-3,6-11,13-14H2,1H3,(H,23,24). The van der Waals surface area contributed by atoms with Crippen LogP contribution in [0.2, 0.25) is 0 Å². The lowest BCUT2D eigenvalue weighted by Gasteiger charge is -2.32. The molecule has 9 nitrogen and oxygen atoms in total. The fraction of sp³-hybridized carbons (Fsp3) is 0.632. The maximum atomic E-state index is 12.2. The Morgan fingerprint density at radius 1 is 1.24 bits per heavy atom. The van der Waals surface area contributed by atoms with Crippen molar-refractivity contribution in [3.05, 3.63) is 23.8 Å². The molecule has 0 bridgehead atoms. The Hall–Kier alpha value is -1.88. The predicted octanol–water partition coefficient (Wildman–Crippen LogP) is 1.14. The van der Waals surface area contributed by atoms with E-state index in [-0.39, 0.29) is 18.0 Å². The van der Waals surface area contributed by atoms with E-state index in [2.05, 4.69) is 22.2 Å². The fourth-order valence-corrected chi connectivity index (χ4v) is 3.82. The van der Waals surface area contributed by atoms with Crippen LogP contribution < -0.4 is 10.1 Å². The largest absolute Gasteiger partial charge is 0.491 e. The van der Waals surface area contributed by atoms with Gasteiger partial charge < -0.3 is 20.1 Å². The van der Waals surface area contributed by atoms with Gasteiger partial charge in [-0.25, -0.2) is 8.98 Å². The number of benzene rings is 1. The number of ether oxygens (including phenoxy) is 1. The highest BCUT2D eigenvalue weighted by molar-refractivity contribution is 7.86. The van der Waals surface area contributed by atoms with Gasteiger partial charge in [0, 0.05) is 32.7 Å². The van der Waals surface area contributed by atoms with Gasteiger partial charge >= 0.3 is 5.97 Å². The van der Waals surface area contributed by atoms with Gasteiger partial charge in [-0.15, -0.1) is 0 Å². The second kappa shape index (κ2) is 9.75. The summed E-state index contributed by atoms with van der Waals surface area (Å²) in [4.78, 5) is 15.5. The van der Waals surface area contributed by atoms with Crippen molar-refractivity contribution in [2.24, 2.45) is 5.92 Å². The van der Waals surface area contributed by atoms with Crippen molar-refractivity contribution in [3.63, 3.8) is 0 Å². The van der Waals surface area contributed by atoms with Gasteiger partial charge in [-0.2, -0.15) is 8.42 Å². The first-order chi connectivity index (χ1) is 13.8. The number of nitrogens with zero attached hydrogens (tertiary/aromatic N) is 2. The lowest BCUT2D eigenvalue weighted by molar-refractivity contribution is 0.0696. The van der Waals surface area contributed by atoms with Crippen LogP contribution in [0.1, 0.15) is 23.2 Å². The number of likely N-dealkylation sites (N-methyl/N-ethyl adjacent to an activating group) is 1. The van der Waals surface area contributed by atoms with Gasteiger partial charge in [0.2, 0.25) is 0 Å². The monoisotopic (exact) mass is 427 g/mol. The van der Waals surface area contributed by atoms with Gasteiger partial charge in [-0.05, 0) is 44.0 Å². The van der Waals surface area contributed by atoms with E-state index in [0.29, 0.717) is 30.5 Å². The van der Waals surface area contributed by atoms with Crippen LogP contribution in [0, 0.1) is 5.92 Å². The van der Waals surface area contributed by atoms with Crippen LogP contribution in [0.5, 0.6) is 5.75 Å². The minimum atomic E-state index is -3.67. The Kier molecular flexibility index (Phi) is 7.33. The molecule has 10 heteroatoms. The first kappa shape index (κ1) is 21.8. The third kappa shape index (κ3) is 7.14. The second-order valence-corrected chi connectivity index (χ2v) is 9.38. The Bertz CT molecular complexity index is 804. The average molecular weight is 428 g/mol. The van der Waals surface area contributed by atoms with E-state index >= 15 is 0 Å². The molecule has 1 saturated heterocycles. The lowest BCUT2D eigenvalue weighted by Crippen LogP contribution is -2.46. The molecule has 0 atom stereocenters. The second-order valence-electron chi connectivity index (χ2n) is 7.62. The Labute approximate surface area is 171 Å². The van der Waals surface area contributed by atoms with Gasteiger partial charge in [0.15, 0.2) is 0 Å². The summed E-state index contributed by atoms with van der Waals surface area (Å²) in [7, 11) is -1.62. The Morgan fingerprint density at radius 2 is 1.97 bits per heavy atom. The third-order valence-corrected chi connectivity index (χ3v) is 6.31. The minimum Gasteiger partial charge on any atom is -0.491 e. The summed E-state index contributed by atoms with van der Waals surface area (Å²) in [5.74, 6) is -0.227. The minimum absolute atomic E-state index is 0.0681. The number of anilines is 1. The van der Waals surface area contributed by atoms with Gasteiger partial charge in [-0.3, -0.25) is 4.90 Å². The molecule has 162 valence electrons. The zero-order valence-electron chi connectivity index (χ0n) is 16.7. The summed E-state index contributed by atoms with van der Waals surface area (Å²) in [6.07, 6.45) is 2.21. The van der Waals surface area contributed by atoms with Crippen molar-refractivity contribution in [3.8, 4) is 5.75 Å². The average Bonchev–Trinajstić information content (AvgIpc) is 3.51. The molecule has 3 rings (SSSR count). The Balaban J connectivity index is 1.49. The van der Waals surface area contributed by atoms with Crippen LogP contribution in [0.25, 0.3) is 0 Å². The quantitative estimate of drug-likeness (QED) is 0.397. The van der Waals surface area contributed by atoms with E-state index in [1.807, 2.05) is 0 Å². The molecular formula is C19H29N3O6S. The first-order valence-electron chi connectivity index (χ1n) is 9.84. The van der Waals surface area contributed by atoms with E-state index < -0.39 is 16.1 Å². The van der Waals surface area contributed by atoms with E-state index in [0.717, 1.165) is 39.0 Å². The van der Waals surface area contributed by atoms with Crippen LogP contribution in [0.3, 0.4) is 0 Å². The van der Waals surface area contributed by atoms with Crippen molar-refractivity contribution in [2.75, 3.05) is 64.2 Å². The van der Waals surface area contributed by atoms with E-state index in [4.69, 9.17) is 14.0 Å². The van der Waals surface area contributed by atoms with Crippen molar-refractivity contribution < 1.29 is 27.2 Å². The number of carboxylic acids is 1. The van der Waals surface area contributed by atoms with Crippen LogP contribution in [-0.4, -0.2) is 88.2 Å². The normalized spacial score (nSPS) is 18.5. The molecule has 0 aromatic heterocycles. The molecule has 2 aliphatic rings. The number of aromatic carboxylic acids is 1. The van der Waals surface area contributed by atoms with Crippen LogP contribution >= 0.6 is 0 Å². The molecule has 0 unspecified atom stereocenters. The highest BCUT2D eigenvalue weighted by Gasteiger charge is 2.23. The summed E-state index contributed by atoms with van der Waals surface area (Å²) >= 11 is 0. The van der Waals surface area contributed by atoms with E-state index in [9.17, 15) is 13.2 Å². The van der Waals surface area contributed by atoms with Crippen molar-refractivity contribution in [2.45, 2.75) is 12.8 Å². The molecule has 29 heavy (non-hydrogen) atoms. The number of carboxylic acid groups (broad SMARTS) is 1. The molecule has 1 saturated carbocycles. The van der Waals surface area contributed by atoms with Crippen molar-refractivity contribution in [1.82, 2.24) is 9.80 Å². The smallest absolute Gasteiger partial charge is 0.335 e. The van der Waals surface area contributed by atoms with Crippen LogP contribution in [0.4, 0.5) is 5.69 Å². The Morgan fingerprint density at radius 3 is 2.62 bits per heavy atom. The van der Waals surface area contributed by atoms with Crippen molar-refractivity contribution >= 4 is 21.8 Å². The van der Waals surface area contributed by atoms with Gasteiger partial charge in [-0.1, -0.05) is 0 Å². The number of hydrogen-bond donors (Lipinski definition) is 2. The molecule has 1 aromatic rings. The molecule has 1 aliphatic heterocycles. The number of piperazine rings is 1. The maximum absolute atomic E-state index is 12.2. The predicted molar refractivity (Wildman–Crippen MR) is 109 cm³/mol. The number of hydrogen-bond acceptors (Lipinski definition) is 8. The summed E-state index contributed by atoms with van der Waals surface area (Å²) in [5, 5.41) is 12.1. The summed E-state index contributed by atoms with van der Waals surface area (Å²) in [5.41, 5.74) is 0.618. The topological polar surface area (TPSA) is 108 Å². The van der Waals surface area contributed by atoms with E-state index in [1.165, 1.54) is 12.1 Å². The molecule has 0 spiro atoms. The molecule has 2 N–H and O–H groups in total. The highest BCUT2D eigenvalue weighted by atomic mass is 32.2. The molecule has 1 aromatic carbocycles. The highest BCUT2D eigenvalue weighted by Crippen LogP contribution is 2.32. The first-order valence-corrected chi connectivity index (χ1v) is 11.4. The maximum Gasteiger partial charge on any atom is 0.335 e. The molecular weight excluding hydrogens is 398 g/mol. The van der Waals surface area contributed by atoms with Crippen LogP contribution in [-0.2, 0) is 14.3 Å². The van der Waals surface area contributed by atoms with Crippen molar-refractivity contribution in [1.29, 1.82) is 0 Å². The van der Waals surface area contributed by atoms with E-state index in [1.54, 1.807) is 6.07 Å². The van der Waals surface area contributed by atoms with Crippen LogP contribution in [0.15, 0.2) is 18.2 Å². The summed E-state index contributed by atoms with van der Waals surface area (Å²) in [6, 6.07) is 4.44.